The molecule has 2 aromatic heterocycles. The molecule has 1 saturated heterocycles. The summed E-state index contributed by atoms with van der Waals surface area (Å²) in [5.74, 6) is 0.570. The van der Waals surface area contributed by atoms with E-state index in [0.29, 0.717) is 45.9 Å². The zero-order chi connectivity index (χ0) is 26.1. The van der Waals surface area contributed by atoms with E-state index in [9.17, 15) is 4.79 Å². The number of hydrogen-bond acceptors (Lipinski definition) is 6. The van der Waals surface area contributed by atoms with Gasteiger partial charge in [0.2, 0.25) is 0 Å². The van der Waals surface area contributed by atoms with Gasteiger partial charge < -0.3 is 14.4 Å². The van der Waals surface area contributed by atoms with E-state index in [1.165, 1.54) is 25.5 Å². The molecule has 1 aliphatic heterocycles. The molecule has 0 spiro atoms. The van der Waals surface area contributed by atoms with Gasteiger partial charge in [0.15, 0.2) is 0 Å². The number of benzene rings is 1. The number of aromatic nitrogens is 3. The van der Waals surface area contributed by atoms with Crippen molar-refractivity contribution in [3.63, 3.8) is 0 Å². The van der Waals surface area contributed by atoms with E-state index >= 15 is 0 Å². The quantitative estimate of drug-likeness (QED) is 0.319. The van der Waals surface area contributed by atoms with Gasteiger partial charge in [0.1, 0.15) is 11.4 Å². The van der Waals surface area contributed by atoms with Gasteiger partial charge in [0.05, 0.1) is 53.6 Å². The number of halogens is 2. The van der Waals surface area contributed by atoms with Crippen LogP contribution in [0.2, 0.25) is 10.0 Å². The Labute approximate surface area is 227 Å². The lowest BCUT2D eigenvalue weighted by molar-refractivity contribution is 0.00992. The van der Waals surface area contributed by atoms with Gasteiger partial charge in [0, 0.05) is 18.5 Å². The fourth-order valence-electron chi connectivity index (χ4n) is 5.54. The van der Waals surface area contributed by atoms with Crippen LogP contribution in [-0.4, -0.2) is 46.5 Å². The largest absolute Gasteiger partial charge is 0.464 e. The van der Waals surface area contributed by atoms with Crippen molar-refractivity contribution in [2.24, 2.45) is 5.92 Å². The first-order valence-corrected chi connectivity index (χ1v) is 13.7. The molecule has 3 heterocycles. The van der Waals surface area contributed by atoms with Crippen LogP contribution >= 0.6 is 23.2 Å². The Hall–Kier alpha value is -2.61. The van der Waals surface area contributed by atoms with Crippen molar-refractivity contribution in [3.8, 4) is 5.69 Å². The number of rotatable bonds is 7. The van der Waals surface area contributed by atoms with Gasteiger partial charge in [0.25, 0.3) is 0 Å². The Morgan fingerprint density at radius 2 is 1.84 bits per heavy atom. The van der Waals surface area contributed by atoms with Crippen molar-refractivity contribution >= 4 is 34.9 Å². The molecule has 3 fully saturated rings. The Morgan fingerprint density at radius 1 is 1.08 bits per heavy atom. The Balaban J connectivity index is 0.00000137. The van der Waals surface area contributed by atoms with Crippen LogP contribution in [0.1, 0.15) is 67.2 Å². The monoisotopic (exact) mass is 542 g/mol. The minimum absolute atomic E-state index is 0.190. The summed E-state index contributed by atoms with van der Waals surface area (Å²) in [4.78, 5) is 18.3. The van der Waals surface area contributed by atoms with Crippen LogP contribution < -0.4 is 4.90 Å². The molecule has 2 aliphatic carbocycles. The summed E-state index contributed by atoms with van der Waals surface area (Å²) < 4.78 is 13.2. The number of nitrogens with zero attached hydrogens (tertiary/aromatic N) is 4. The van der Waals surface area contributed by atoms with Crippen molar-refractivity contribution in [2.45, 2.75) is 64.2 Å². The standard InChI is InChI=1S/C26H26Cl2N4O3.C2H6/c1-34-26(33)22-8-7-17(11-29-22)31-13-16-9-18(31)10-24(16)35-14-23-19(15-5-6-15)12-30-32(23)25-20(27)3-2-4-21(25)28;1-2/h2-4,7-8,11-12,15-16,18,24H,5-6,9-10,13-14H2,1H3;1-2H3. The Kier molecular flexibility index (Phi) is 7.75. The second-order valence-electron chi connectivity index (χ2n) is 9.58. The van der Waals surface area contributed by atoms with E-state index in [1.807, 2.05) is 49.0 Å². The van der Waals surface area contributed by atoms with Crippen LogP contribution in [0.5, 0.6) is 0 Å². The number of pyridine rings is 1. The summed E-state index contributed by atoms with van der Waals surface area (Å²) in [5.41, 5.74) is 4.35. The smallest absolute Gasteiger partial charge is 0.356 e. The number of methoxy groups -OCH3 is 1. The number of hydrogen-bond donors (Lipinski definition) is 0. The lowest BCUT2D eigenvalue weighted by Crippen LogP contribution is -2.38. The number of carbonyl (C=O) groups excluding carboxylic acids is 1. The van der Waals surface area contributed by atoms with E-state index in [0.717, 1.165) is 30.8 Å². The molecule has 0 radical (unpaired) electrons. The third-order valence-electron chi connectivity index (χ3n) is 7.45. The lowest BCUT2D eigenvalue weighted by Gasteiger charge is -2.33. The second-order valence-corrected chi connectivity index (χ2v) is 10.4. The second kappa shape index (κ2) is 11.0. The highest BCUT2D eigenvalue weighted by Gasteiger charge is 2.45. The van der Waals surface area contributed by atoms with Gasteiger partial charge in [-0.3, -0.25) is 0 Å². The molecule has 3 unspecified atom stereocenters. The van der Waals surface area contributed by atoms with Crippen molar-refractivity contribution in [3.05, 3.63) is 69.7 Å². The number of esters is 1. The first-order chi connectivity index (χ1) is 18.0. The number of piperidine rings is 1. The molecule has 6 rings (SSSR count). The third-order valence-corrected chi connectivity index (χ3v) is 8.06. The Morgan fingerprint density at radius 3 is 2.43 bits per heavy atom. The molecule has 2 saturated carbocycles. The maximum Gasteiger partial charge on any atom is 0.356 e. The summed E-state index contributed by atoms with van der Waals surface area (Å²) >= 11 is 13.0. The van der Waals surface area contributed by atoms with Gasteiger partial charge in [-0.2, -0.15) is 5.10 Å². The van der Waals surface area contributed by atoms with Gasteiger partial charge in [-0.25, -0.2) is 14.5 Å². The van der Waals surface area contributed by atoms with E-state index in [1.54, 1.807) is 12.3 Å². The molecule has 196 valence electrons. The van der Waals surface area contributed by atoms with Crippen LogP contribution in [0.3, 0.4) is 0 Å². The fourth-order valence-corrected chi connectivity index (χ4v) is 6.10. The lowest BCUT2D eigenvalue weighted by atomic mass is 10.1. The highest BCUT2D eigenvalue weighted by Crippen LogP contribution is 2.45. The van der Waals surface area contributed by atoms with E-state index in [4.69, 9.17) is 32.7 Å². The molecular formula is C28H32Cl2N4O3. The van der Waals surface area contributed by atoms with Gasteiger partial charge in [-0.05, 0) is 61.4 Å². The first-order valence-electron chi connectivity index (χ1n) is 13.0. The zero-order valence-corrected chi connectivity index (χ0v) is 22.9. The molecule has 9 heteroatoms. The first kappa shape index (κ1) is 26.0. The summed E-state index contributed by atoms with van der Waals surface area (Å²) in [6, 6.07) is 9.59. The topological polar surface area (TPSA) is 69.5 Å². The maximum absolute atomic E-state index is 11.7. The molecule has 1 aromatic carbocycles. The average molecular weight is 543 g/mol. The third kappa shape index (κ3) is 5.09. The fraction of sp³-hybridized carbons (Fsp3) is 0.464. The predicted octanol–water partition coefficient (Wildman–Crippen LogP) is 6.45. The molecule has 7 nitrogen and oxygen atoms in total. The predicted molar refractivity (Wildman–Crippen MR) is 145 cm³/mol. The van der Waals surface area contributed by atoms with Crippen LogP contribution in [0.4, 0.5) is 5.69 Å². The van der Waals surface area contributed by atoms with Gasteiger partial charge in [-0.1, -0.05) is 43.1 Å². The molecule has 2 bridgehead atoms. The van der Waals surface area contributed by atoms with E-state index in [-0.39, 0.29) is 6.10 Å². The SMILES string of the molecule is CC.COC(=O)c1ccc(N2CC3CC2CC3OCc2c(C3CC3)cnn2-c2c(Cl)cccc2Cl)cn1. The van der Waals surface area contributed by atoms with Crippen LogP contribution in [0, 0.1) is 5.92 Å². The normalized spacial score (nSPS) is 22.1. The highest BCUT2D eigenvalue weighted by molar-refractivity contribution is 6.37. The van der Waals surface area contributed by atoms with E-state index < -0.39 is 5.97 Å². The number of para-hydroxylation sites is 1. The molecule has 0 N–H and O–H groups in total. The van der Waals surface area contributed by atoms with Crippen LogP contribution in [0.25, 0.3) is 5.69 Å². The molecule has 37 heavy (non-hydrogen) atoms. The van der Waals surface area contributed by atoms with Crippen LogP contribution in [-0.2, 0) is 16.1 Å². The number of carbonyl (C=O) groups is 1. The summed E-state index contributed by atoms with van der Waals surface area (Å²) in [6.07, 6.45) is 8.31. The number of fused-ring (bicyclic) bond motifs is 2. The van der Waals surface area contributed by atoms with Gasteiger partial charge >= 0.3 is 5.97 Å². The molecule has 3 aromatic rings. The minimum atomic E-state index is -0.421. The number of ether oxygens (including phenoxy) is 2. The van der Waals surface area contributed by atoms with Gasteiger partial charge in [-0.15, -0.1) is 0 Å². The van der Waals surface area contributed by atoms with Crippen molar-refractivity contribution in [2.75, 3.05) is 18.6 Å². The summed E-state index contributed by atoms with van der Waals surface area (Å²) in [6.45, 7) is 5.40. The maximum atomic E-state index is 11.7. The van der Waals surface area contributed by atoms with E-state index in [2.05, 4.69) is 15.0 Å². The molecular weight excluding hydrogens is 511 g/mol. The molecule has 0 amide bonds. The minimum Gasteiger partial charge on any atom is -0.464 e. The zero-order valence-electron chi connectivity index (χ0n) is 21.4. The highest BCUT2D eigenvalue weighted by atomic mass is 35.5. The number of anilines is 1. The van der Waals surface area contributed by atoms with Crippen molar-refractivity contribution in [1.82, 2.24) is 14.8 Å². The summed E-state index contributed by atoms with van der Waals surface area (Å²) in [7, 11) is 1.36. The Bertz CT molecular complexity index is 1240. The summed E-state index contributed by atoms with van der Waals surface area (Å²) in [5, 5.41) is 5.81. The molecule has 3 aliphatic rings. The van der Waals surface area contributed by atoms with Crippen molar-refractivity contribution < 1.29 is 14.3 Å². The van der Waals surface area contributed by atoms with Crippen molar-refractivity contribution in [1.29, 1.82) is 0 Å². The average Bonchev–Trinajstić information content (AvgIpc) is 3.37. The molecule has 3 atom stereocenters. The van der Waals surface area contributed by atoms with Crippen LogP contribution in [0.15, 0.2) is 42.7 Å².